The molecule has 1 heterocycles. The van der Waals surface area contributed by atoms with Gasteiger partial charge >= 0.3 is 0 Å². The zero-order valence-electron chi connectivity index (χ0n) is 15.9. The van der Waals surface area contributed by atoms with Crippen molar-refractivity contribution in [1.29, 1.82) is 0 Å². The van der Waals surface area contributed by atoms with Gasteiger partial charge in [0.15, 0.2) is 0 Å². The number of methoxy groups -OCH3 is 1. The van der Waals surface area contributed by atoms with E-state index >= 15 is 0 Å². The summed E-state index contributed by atoms with van der Waals surface area (Å²) in [5.74, 6) is 0.839. The second kappa shape index (κ2) is 9.88. The zero-order valence-corrected chi connectivity index (χ0v) is 18.0. The van der Waals surface area contributed by atoms with E-state index in [9.17, 15) is 9.59 Å². The third-order valence-corrected chi connectivity index (χ3v) is 5.67. The molecule has 148 valence electrons. The molecule has 7 heteroatoms. The fourth-order valence-electron chi connectivity index (χ4n) is 3.18. The summed E-state index contributed by atoms with van der Waals surface area (Å²) in [5.41, 5.74) is 1.78. The SMILES string of the molecule is COc1cccc(CC(=O)N2CCN(CC(=O)Nc3ccccc3I)CC2)c1. The van der Waals surface area contributed by atoms with Crippen molar-refractivity contribution in [3.05, 3.63) is 57.7 Å². The van der Waals surface area contributed by atoms with Gasteiger partial charge in [-0.05, 0) is 52.4 Å². The second-order valence-electron chi connectivity index (χ2n) is 6.71. The summed E-state index contributed by atoms with van der Waals surface area (Å²) in [6.45, 7) is 3.01. The third kappa shape index (κ3) is 5.68. The van der Waals surface area contributed by atoms with Crippen molar-refractivity contribution in [1.82, 2.24) is 9.80 Å². The molecule has 2 aromatic carbocycles. The first kappa shape index (κ1) is 20.6. The Kier molecular flexibility index (Phi) is 7.27. The van der Waals surface area contributed by atoms with E-state index in [0.717, 1.165) is 20.6 Å². The highest BCUT2D eigenvalue weighted by atomic mass is 127. The summed E-state index contributed by atoms with van der Waals surface area (Å²) < 4.78 is 6.23. The lowest BCUT2D eigenvalue weighted by Gasteiger charge is -2.34. The summed E-state index contributed by atoms with van der Waals surface area (Å²) in [5, 5.41) is 2.95. The molecule has 0 aromatic heterocycles. The molecule has 0 bridgehead atoms. The Morgan fingerprint density at radius 2 is 1.82 bits per heavy atom. The Morgan fingerprint density at radius 1 is 1.07 bits per heavy atom. The maximum absolute atomic E-state index is 12.6. The Morgan fingerprint density at radius 3 is 2.54 bits per heavy atom. The highest BCUT2D eigenvalue weighted by molar-refractivity contribution is 14.1. The lowest BCUT2D eigenvalue weighted by atomic mass is 10.1. The molecule has 1 aliphatic rings. The van der Waals surface area contributed by atoms with Crippen molar-refractivity contribution < 1.29 is 14.3 Å². The molecular formula is C21H24IN3O3. The average Bonchev–Trinajstić information content (AvgIpc) is 2.70. The number of para-hydroxylation sites is 1. The second-order valence-corrected chi connectivity index (χ2v) is 7.88. The van der Waals surface area contributed by atoms with Crippen LogP contribution in [0.15, 0.2) is 48.5 Å². The van der Waals surface area contributed by atoms with Gasteiger partial charge in [-0.15, -0.1) is 0 Å². The first-order valence-electron chi connectivity index (χ1n) is 9.22. The number of piperazine rings is 1. The summed E-state index contributed by atoms with van der Waals surface area (Å²) in [7, 11) is 1.62. The molecule has 0 atom stereocenters. The molecule has 1 aliphatic heterocycles. The van der Waals surface area contributed by atoms with Crippen LogP contribution in [0.25, 0.3) is 0 Å². The summed E-state index contributed by atoms with van der Waals surface area (Å²) in [6, 6.07) is 15.3. The van der Waals surface area contributed by atoms with Crippen LogP contribution < -0.4 is 10.1 Å². The van der Waals surface area contributed by atoms with Crippen LogP contribution in [-0.2, 0) is 16.0 Å². The van der Waals surface area contributed by atoms with E-state index in [1.165, 1.54) is 0 Å². The molecular weight excluding hydrogens is 469 g/mol. The number of carbonyl (C=O) groups excluding carboxylic acids is 2. The van der Waals surface area contributed by atoms with Crippen LogP contribution >= 0.6 is 22.6 Å². The van der Waals surface area contributed by atoms with Crippen molar-refractivity contribution in [2.45, 2.75) is 6.42 Å². The zero-order chi connectivity index (χ0) is 19.9. The van der Waals surface area contributed by atoms with Crippen LogP contribution in [0.4, 0.5) is 5.69 Å². The first-order valence-corrected chi connectivity index (χ1v) is 10.3. The van der Waals surface area contributed by atoms with E-state index < -0.39 is 0 Å². The molecule has 0 unspecified atom stereocenters. The predicted molar refractivity (Wildman–Crippen MR) is 118 cm³/mol. The number of hydrogen-bond donors (Lipinski definition) is 1. The van der Waals surface area contributed by atoms with Crippen molar-refractivity contribution in [2.24, 2.45) is 0 Å². The predicted octanol–water partition coefficient (Wildman–Crippen LogP) is 2.63. The molecule has 0 saturated carbocycles. The fraction of sp³-hybridized carbons (Fsp3) is 0.333. The Labute approximate surface area is 179 Å². The van der Waals surface area contributed by atoms with Gasteiger partial charge in [-0.3, -0.25) is 14.5 Å². The molecule has 1 saturated heterocycles. The summed E-state index contributed by atoms with van der Waals surface area (Å²) in [4.78, 5) is 28.8. The number of hydrogen-bond acceptors (Lipinski definition) is 4. The molecule has 3 rings (SSSR count). The van der Waals surface area contributed by atoms with Crippen LogP contribution in [0.2, 0.25) is 0 Å². The number of amides is 2. The van der Waals surface area contributed by atoms with Crippen LogP contribution in [-0.4, -0.2) is 61.4 Å². The van der Waals surface area contributed by atoms with Crippen molar-refractivity contribution in [3.8, 4) is 5.75 Å². The molecule has 2 aromatic rings. The van der Waals surface area contributed by atoms with Crippen LogP contribution in [0.1, 0.15) is 5.56 Å². The molecule has 1 N–H and O–H groups in total. The number of nitrogens with zero attached hydrogens (tertiary/aromatic N) is 2. The van der Waals surface area contributed by atoms with Crippen molar-refractivity contribution in [2.75, 3.05) is 45.2 Å². The minimum atomic E-state index is -0.0275. The number of rotatable bonds is 6. The standard InChI is InChI=1S/C21H24IN3O3/c1-28-17-6-4-5-16(13-17)14-21(27)25-11-9-24(10-12-25)15-20(26)23-19-8-3-2-7-18(19)22/h2-8,13H,9-12,14-15H2,1H3,(H,23,26). The number of carbonyl (C=O) groups is 2. The van der Waals surface area contributed by atoms with Crippen LogP contribution in [0.3, 0.4) is 0 Å². The third-order valence-electron chi connectivity index (χ3n) is 4.73. The molecule has 0 radical (unpaired) electrons. The molecule has 2 amide bonds. The minimum Gasteiger partial charge on any atom is -0.497 e. The van der Waals surface area contributed by atoms with Gasteiger partial charge in [0.2, 0.25) is 11.8 Å². The smallest absolute Gasteiger partial charge is 0.238 e. The minimum absolute atomic E-state index is 0.0275. The Bertz CT molecular complexity index is 835. The lowest BCUT2D eigenvalue weighted by molar-refractivity contribution is -0.132. The molecule has 1 fully saturated rings. The average molecular weight is 493 g/mol. The molecule has 0 aliphatic carbocycles. The van der Waals surface area contributed by atoms with Gasteiger partial charge in [-0.25, -0.2) is 0 Å². The topological polar surface area (TPSA) is 61.9 Å². The monoisotopic (exact) mass is 493 g/mol. The van der Waals surface area contributed by atoms with E-state index in [4.69, 9.17) is 4.74 Å². The number of nitrogens with one attached hydrogen (secondary N) is 1. The van der Waals surface area contributed by atoms with Crippen molar-refractivity contribution >= 4 is 40.1 Å². The van der Waals surface area contributed by atoms with Gasteiger partial charge in [-0.1, -0.05) is 24.3 Å². The van der Waals surface area contributed by atoms with Gasteiger partial charge in [0, 0.05) is 29.7 Å². The highest BCUT2D eigenvalue weighted by Gasteiger charge is 2.22. The summed E-state index contributed by atoms with van der Waals surface area (Å²) >= 11 is 2.21. The van der Waals surface area contributed by atoms with Gasteiger partial charge in [0.25, 0.3) is 0 Å². The van der Waals surface area contributed by atoms with E-state index in [0.29, 0.717) is 39.1 Å². The number of anilines is 1. The Hall–Kier alpha value is -2.13. The maximum atomic E-state index is 12.6. The van der Waals surface area contributed by atoms with Gasteiger partial charge in [-0.2, -0.15) is 0 Å². The molecule has 28 heavy (non-hydrogen) atoms. The molecule has 6 nitrogen and oxygen atoms in total. The van der Waals surface area contributed by atoms with E-state index in [1.54, 1.807) is 7.11 Å². The highest BCUT2D eigenvalue weighted by Crippen LogP contribution is 2.17. The van der Waals surface area contributed by atoms with Crippen LogP contribution in [0.5, 0.6) is 5.75 Å². The molecule has 0 spiro atoms. The number of benzene rings is 2. The van der Waals surface area contributed by atoms with E-state index in [1.807, 2.05) is 53.4 Å². The van der Waals surface area contributed by atoms with Gasteiger partial charge in [0.1, 0.15) is 5.75 Å². The quantitative estimate of drug-likeness (QED) is 0.629. The van der Waals surface area contributed by atoms with Crippen LogP contribution in [0, 0.1) is 3.57 Å². The lowest BCUT2D eigenvalue weighted by Crippen LogP contribution is -2.50. The summed E-state index contributed by atoms with van der Waals surface area (Å²) in [6.07, 6.45) is 0.365. The van der Waals surface area contributed by atoms with E-state index in [-0.39, 0.29) is 11.8 Å². The van der Waals surface area contributed by atoms with Crippen molar-refractivity contribution in [3.63, 3.8) is 0 Å². The fourth-order valence-corrected chi connectivity index (χ4v) is 3.70. The maximum Gasteiger partial charge on any atom is 0.238 e. The van der Waals surface area contributed by atoms with E-state index in [2.05, 4.69) is 32.8 Å². The number of ether oxygens (including phenoxy) is 1. The largest absolute Gasteiger partial charge is 0.497 e. The van der Waals surface area contributed by atoms with Gasteiger partial charge < -0.3 is 15.0 Å². The Balaban J connectivity index is 1.45. The normalized spacial score (nSPS) is 14.6. The first-order chi connectivity index (χ1) is 13.5. The van der Waals surface area contributed by atoms with Gasteiger partial charge in [0.05, 0.1) is 25.8 Å². The number of halogens is 1.